The van der Waals surface area contributed by atoms with E-state index in [0.717, 1.165) is 18.7 Å². The molecule has 8 nitrogen and oxygen atoms in total. The molecule has 0 saturated carbocycles. The van der Waals surface area contributed by atoms with Crippen LogP contribution in [0.5, 0.6) is 6.01 Å². The van der Waals surface area contributed by atoms with E-state index in [9.17, 15) is 5.11 Å². The highest BCUT2D eigenvalue weighted by molar-refractivity contribution is 6.33. The van der Waals surface area contributed by atoms with Crippen molar-refractivity contribution in [3.63, 3.8) is 0 Å². The van der Waals surface area contributed by atoms with Gasteiger partial charge < -0.3 is 29.2 Å². The predicted octanol–water partition coefficient (Wildman–Crippen LogP) is 2.39. The summed E-state index contributed by atoms with van der Waals surface area (Å²) in [6.07, 6.45) is -0.356. The third-order valence-electron chi connectivity index (χ3n) is 6.01. The lowest BCUT2D eigenvalue weighted by Crippen LogP contribution is -2.36. The molecule has 2 N–H and O–H groups in total. The second-order valence-electron chi connectivity index (χ2n) is 7.94. The Balaban J connectivity index is 1.25. The molecule has 0 bridgehead atoms. The second-order valence-corrected chi connectivity index (χ2v) is 8.35. The molecule has 3 fully saturated rings. The molecule has 5 heterocycles. The number of fused-ring (bicyclic) bond motifs is 2. The fourth-order valence-electron chi connectivity index (χ4n) is 4.25. The molecule has 3 aliphatic rings. The summed E-state index contributed by atoms with van der Waals surface area (Å²) >= 11 is 6.52. The van der Waals surface area contributed by atoms with Gasteiger partial charge >= 0.3 is 0 Å². The Hall–Kier alpha value is -2.39. The van der Waals surface area contributed by atoms with E-state index in [4.69, 9.17) is 25.8 Å². The van der Waals surface area contributed by atoms with Crippen molar-refractivity contribution in [2.24, 2.45) is 0 Å². The fraction of sp³-hybridized carbons (Fsp3) is 0.429. The Bertz CT molecular complexity index is 1080. The van der Waals surface area contributed by atoms with Crippen LogP contribution in [0, 0.1) is 0 Å². The number of aromatic nitrogens is 3. The summed E-state index contributed by atoms with van der Waals surface area (Å²) in [6.45, 7) is 2.81. The zero-order valence-electron chi connectivity index (χ0n) is 16.1. The Morgan fingerprint density at radius 1 is 1.10 bits per heavy atom. The smallest absolute Gasteiger partial charge is 0.296 e. The molecule has 0 aliphatic carbocycles. The minimum atomic E-state index is -0.616. The van der Waals surface area contributed by atoms with Crippen LogP contribution in [0.15, 0.2) is 30.3 Å². The van der Waals surface area contributed by atoms with Gasteiger partial charge in [-0.1, -0.05) is 23.7 Å². The van der Waals surface area contributed by atoms with Crippen molar-refractivity contribution in [3.05, 3.63) is 35.4 Å². The number of nitrogens with zero attached hydrogens (tertiary/aromatic N) is 3. The van der Waals surface area contributed by atoms with Gasteiger partial charge in [0.2, 0.25) is 0 Å². The average molecular weight is 429 g/mol. The molecule has 9 heteroatoms. The van der Waals surface area contributed by atoms with E-state index in [2.05, 4.69) is 32.0 Å². The van der Waals surface area contributed by atoms with E-state index < -0.39 is 6.10 Å². The third-order valence-corrected chi connectivity index (χ3v) is 6.30. The van der Waals surface area contributed by atoms with Crippen molar-refractivity contribution in [2.75, 3.05) is 31.2 Å². The van der Waals surface area contributed by atoms with Crippen LogP contribution in [0.4, 0.5) is 5.69 Å². The number of H-pyrrole nitrogens is 1. The highest BCUT2D eigenvalue weighted by atomic mass is 35.5. The highest BCUT2D eigenvalue weighted by Gasteiger charge is 2.48. The number of anilines is 1. The van der Waals surface area contributed by atoms with Crippen LogP contribution in [-0.4, -0.2) is 70.8 Å². The van der Waals surface area contributed by atoms with E-state index in [1.54, 1.807) is 0 Å². The van der Waals surface area contributed by atoms with Crippen molar-refractivity contribution in [1.29, 1.82) is 0 Å². The maximum absolute atomic E-state index is 9.88. The van der Waals surface area contributed by atoms with E-state index in [-0.39, 0.29) is 24.9 Å². The number of hydrogen-bond acceptors (Lipinski definition) is 7. The molecule has 0 amide bonds. The predicted molar refractivity (Wildman–Crippen MR) is 111 cm³/mol. The monoisotopic (exact) mass is 428 g/mol. The summed E-state index contributed by atoms with van der Waals surface area (Å²) in [4.78, 5) is 14.6. The molecule has 0 radical (unpaired) electrons. The lowest BCUT2D eigenvalue weighted by atomic mass is 10.1. The van der Waals surface area contributed by atoms with Gasteiger partial charge in [-0.25, -0.2) is 4.98 Å². The lowest BCUT2D eigenvalue weighted by Gasteiger charge is -2.33. The quantitative estimate of drug-likeness (QED) is 0.659. The second kappa shape index (κ2) is 7.09. The summed E-state index contributed by atoms with van der Waals surface area (Å²) in [5.41, 5.74) is 4.06. The number of rotatable bonds is 4. The van der Waals surface area contributed by atoms with Gasteiger partial charge in [0, 0.05) is 24.3 Å². The molecule has 30 heavy (non-hydrogen) atoms. The van der Waals surface area contributed by atoms with Crippen LogP contribution in [0.3, 0.4) is 0 Å². The van der Waals surface area contributed by atoms with Gasteiger partial charge in [0.25, 0.3) is 6.01 Å². The van der Waals surface area contributed by atoms with Gasteiger partial charge in [-0.3, -0.25) is 0 Å². The molecule has 3 saturated heterocycles. The number of halogens is 1. The summed E-state index contributed by atoms with van der Waals surface area (Å²) < 4.78 is 17.2. The normalized spacial score (nSPS) is 28.0. The molecule has 2 aromatic heterocycles. The van der Waals surface area contributed by atoms with Gasteiger partial charge in [-0.15, -0.1) is 0 Å². The lowest BCUT2D eigenvalue weighted by molar-refractivity contribution is 0.00706. The van der Waals surface area contributed by atoms with Gasteiger partial charge in [-0.2, -0.15) is 4.98 Å². The molecule has 156 valence electrons. The number of pyridine rings is 1. The van der Waals surface area contributed by atoms with Crippen LogP contribution in [0.1, 0.15) is 6.42 Å². The maximum Gasteiger partial charge on any atom is 0.296 e. The fourth-order valence-corrected chi connectivity index (χ4v) is 4.51. The summed E-state index contributed by atoms with van der Waals surface area (Å²) in [7, 11) is 0. The highest BCUT2D eigenvalue weighted by Crippen LogP contribution is 2.33. The van der Waals surface area contributed by atoms with Crippen molar-refractivity contribution in [2.45, 2.75) is 30.8 Å². The Kier molecular flexibility index (Phi) is 4.35. The largest absolute Gasteiger partial charge is 0.456 e. The number of ether oxygens (including phenoxy) is 3. The van der Waals surface area contributed by atoms with Crippen molar-refractivity contribution >= 4 is 28.5 Å². The zero-order chi connectivity index (χ0) is 20.2. The molecular weight excluding hydrogens is 408 g/mol. The minimum absolute atomic E-state index is 0.256. The van der Waals surface area contributed by atoms with Gasteiger partial charge in [0.15, 0.2) is 11.8 Å². The van der Waals surface area contributed by atoms with E-state index >= 15 is 0 Å². The number of aliphatic hydroxyl groups excluding tert-OH is 1. The van der Waals surface area contributed by atoms with Gasteiger partial charge in [-0.05, 0) is 24.6 Å². The summed E-state index contributed by atoms with van der Waals surface area (Å²) in [6, 6.07) is 10.4. The number of nitrogens with one attached hydrogen (secondary N) is 1. The van der Waals surface area contributed by atoms with Crippen molar-refractivity contribution < 1.29 is 19.3 Å². The van der Waals surface area contributed by atoms with Crippen LogP contribution in [-0.2, 0) is 9.47 Å². The number of hydrogen-bond donors (Lipinski definition) is 2. The molecule has 3 aliphatic heterocycles. The van der Waals surface area contributed by atoms with Crippen molar-refractivity contribution in [3.8, 4) is 17.3 Å². The van der Waals surface area contributed by atoms with E-state index in [1.165, 1.54) is 12.1 Å². The van der Waals surface area contributed by atoms with Gasteiger partial charge in [0.05, 0.1) is 29.4 Å². The van der Waals surface area contributed by atoms with Crippen molar-refractivity contribution in [1.82, 2.24) is 15.0 Å². The number of imidazole rings is 1. The number of benzene rings is 1. The third kappa shape index (κ3) is 3.02. The van der Waals surface area contributed by atoms with E-state index in [0.29, 0.717) is 34.5 Å². The first-order chi connectivity index (χ1) is 14.7. The Labute approximate surface area is 177 Å². The first-order valence-electron chi connectivity index (χ1n) is 10.2. The number of aromatic amines is 1. The molecule has 0 spiro atoms. The zero-order valence-corrected chi connectivity index (χ0v) is 16.9. The first-order valence-corrected chi connectivity index (χ1v) is 10.5. The molecular formula is C21H21ClN4O4. The summed E-state index contributed by atoms with van der Waals surface area (Å²) in [5, 5.41) is 10.4. The minimum Gasteiger partial charge on any atom is -0.456 e. The Morgan fingerprint density at radius 3 is 2.67 bits per heavy atom. The molecule has 0 unspecified atom stereocenters. The Morgan fingerprint density at radius 2 is 1.90 bits per heavy atom. The van der Waals surface area contributed by atoms with Gasteiger partial charge in [0.1, 0.15) is 18.3 Å². The molecule has 1 aromatic carbocycles. The molecule has 6 rings (SSSR count). The summed E-state index contributed by atoms with van der Waals surface area (Å²) in [5.74, 6) is 0. The maximum atomic E-state index is 9.88. The van der Waals surface area contributed by atoms with Crippen LogP contribution in [0.2, 0.25) is 5.02 Å². The average Bonchev–Trinajstić information content (AvgIpc) is 3.38. The number of aliphatic hydroxyl groups is 1. The molecule has 4 atom stereocenters. The van der Waals surface area contributed by atoms with Crippen LogP contribution >= 0.6 is 11.6 Å². The van der Waals surface area contributed by atoms with E-state index in [1.807, 2.05) is 18.2 Å². The van der Waals surface area contributed by atoms with Crippen LogP contribution in [0.25, 0.3) is 22.4 Å². The standard InChI is InChI=1S/C21H21ClN4O4/c22-13-8-14-20(24-17(13)11-2-4-12(5-3-11)26-6-1-7-26)25-21(23-14)30-16-10-29-18-15(27)9-28-19(16)18/h2-5,8,15-16,18-19,27H,1,6-7,9-10H2,(H,23,24,25)/t15-,16-,18-,19-/m1/s1. The first kappa shape index (κ1) is 18.4. The van der Waals surface area contributed by atoms with Crippen LogP contribution < -0.4 is 9.64 Å². The SMILES string of the molecule is O[C@@H]1CO[C@H]2[C@@H]1OC[C@H]2Oc1nc2nc(-c3ccc(N4CCC4)cc3)c(Cl)cc2[nH]1. The molecule has 3 aromatic rings. The topological polar surface area (TPSA) is 92.7 Å².